The molecule has 0 bridgehead atoms. The second-order valence-electron chi connectivity index (χ2n) is 6.41. The molecule has 0 spiro atoms. The van der Waals surface area contributed by atoms with Crippen molar-refractivity contribution in [2.24, 2.45) is 4.99 Å². The molecule has 29 heavy (non-hydrogen) atoms. The molecule has 0 aliphatic carbocycles. The second-order valence-corrected chi connectivity index (χ2v) is 6.41. The number of hydrogen-bond donors (Lipinski definition) is 2. The highest BCUT2D eigenvalue weighted by molar-refractivity contribution is 14.0. The van der Waals surface area contributed by atoms with Gasteiger partial charge in [0.2, 0.25) is 0 Å². The number of aromatic nitrogens is 2. The number of rotatable bonds is 6. The molecule has 2 aromatic carbocycles. The molecular weight excluding hydrogens is 487 g/mol. The molecule has 1 aromatic heterocycles. The summed E-state index contributed by atoms with van der Waals surface area (Å²) in [6.45, 7) is 2.96. The summed E-state index contributed by atoms with van der Waals surface area (Å²) in [5.41, 5.74) is 3.34. The zero-order chi connectivity index (χ0) is 19.9. The van der Waals surface area contributed by atoms with E-state index in [1.807, 2.05) is 18.3 Å². The largest absolute Gasteiger partial charge is 0.356 e. The Labute approximate surface area is 186 Å². The van der Waals surface area contributed by atoms with Crippen LogP contribution >= 0.6 is 24.0 Å². The van der Waals surface area contributed by atoms with Crippen LogP contribution in [0.3, 0.4) is 0 Å². The van der Waals surface area contributed by atoms with E-state index < -0.39 is 0 Å². The quantitative estimate of drug-likeness (QED) is 0.299. The number of halogens is 3. The minimum absolute atomic E-state index is 0. The van der Waals surface area contributed by atoms with Gasteiger partial charge in [-0.2, -0.15) is 5.10 Å². The van der Waals surface area contributed by atoms with Crippen LogP contribution in [-0.4, -0.2) is 29.3 Å². The van der Waals surface area contributed by atoms with E-state index in [1.165, 1.54) is 18.2 Å². The fourth-order valence-corrected chi connectivity index (χ4v) is 2.76. The molecular formula is C21H24F2IN5. The lowest BCUT2D eigenvalue weighted by atomic mass is 10.1. The fourth-order valence-electron chi connectivity index (χ4n) is 2.76. The van der Waals surface area contributed by atoms with Gasteiger partial charge in [-0.3, -0.25) is 4.99 Å². The Balaban J connectivity index is 0.00000300. The summed E-state index contributed by atoms with van der Waals surface area (Å²) in [6.07, 6.45) is 2.57. The summed E-state index contributed by atoms with van der Waals surface area (Å²) in [4.78, 5) is 4.19. The number of nitrogens with zero attached hydrogens (tertiary/aromatic N) is 3. The SMILES string of the molecule is CN=C(NCCc1ccn(-c2ccc(F)cc2)n1)NCc1ccc(F)c(C)c1.I. The number of aryl methyl sites for hydroxylation is 1. The molecule has 0 aliphatic heterocycles. The van der Waals surface area contributed by atoms with Gasteiger partial charge in [-0.25, -0.2) is 13.5 Å². The Morgan fingerprint density at radius 1 is 1.07 bits per heavy atom. The molecule has 0 saturated carbocycles. The molecule has 154 valence electrons. The number of guanidine groups is 1. The van der Waals surface area contributed by atoms with E-state index in [0.29, 0.717) is 31.0 Å². The standard InChI is InChI=1S/C21H23F2N5.HI/c1-15-13-16(3-8-20(15)23)14-26-21(24-2)25-11-9-18-10-12-28(27-18)19-6-4-17(22)5-7-19;/h3-8,10,12-13H,9,11,14H2,1-2H3,(H2,24,25,26);1H. The Hall–Kier alpha value is -2.49. The summed E-state index contributed by atoms with van der Waals surface area (Å²) < 4.78 is 28.1. The van der Waals surface area contributed by atoms with Crippen molar-refractivity contribution in [2.45, 2.75) is 19.9 Å². The maximum atomic E-state index is 13.3. The molecule has 0 aliphatic rings. The van der Waals surface area contributed by atoms with Crippen LogP contribution in [-0.2, 0) is 13.0 Å². The molecule has 2 N–H and O–H groups in total. The zero-order valence-corrected chi connectivity index (χ0v) is 18.7. The van der Waals surface area contributed by atoms with E-state index in [4.69, 9.17) is 0 Å². The van der Waals surface area contributed by atoms with Crippen LogP contribution in [0.5, 0.6) is 0 Å². The minimum atomic E-state index is -0.269. The molecule has 0 atom stereocenters. The van der Waals surface area contributed by atoms with Gasteiger partial charge in [0, 0.05) is 32.8 Å². The second kappa shape index (κ2) is 10.9. The molecule has 0 radical (unpaired) electrons. The Morgan fingerprint density at radius 3 is 2.52 bits per heavy atom. The Bertz CT molecular complexity index is 954. The van der Waals surface area contributed by atoms with Crippen LogP contribution in [0.15, 0.2) is 59.7 Å². The van der Waals surface area contributed by atoms with Gasteiger partial charge in [-0.1, -0.05) is 12.1 Å². The van der Waals surface area contributed by atoms with Crippen LogP contribution in [0.4, 0.5) is 8.78 Å². The van der Waals surface area contributed by atoms with Crippen LogP contribution in [0.2, 0.25) is 0 Å². The molecule has 1 heterocycles. The predicted molar refractivity (Wildman–Crippen MR) is 122 cm³/mol. The average molecular weight is 511 g/mol. The van der Waals surface area contributed by atoms with Gasteiger partial charge in [-0.15, -0.1) is 24.0 Å². The van der Waals surface area contributed by atoms with Gasteiger partial charge in [0.1, 0.15) is 11.6 Å². The van der Waals surface area contributed by atoms with Gasteiger partial charge >= 0.3 is 0 Å². The first-order valence-electron chi connectivity index (χ1n) is 9.05. The predicted octanol–water partition coefficient (Wildman–Crippen LogP) is 3.98. The lowest BCUT2D eigenvalue weighted by Gasteiger charge is -2.12. The first-order chi connectivity index (χ1) is 13.5. The van der Waals surface area contributed by atoms with Crippen molar-refractivity contribution >= 4 is 29.9 Å². The third kappa shape index (κ3) is 6.52. The Morgan fingerprint density at radius 2 is 1.83 bits per heavy atom. The number of nitrogens with one attached hydrogen (secondary N) is 2. The van der Waals surface area contributed by atoms with Crippen molar-refractivity contribution in [1.82, 2.24) is 20.4 Å². The number of hydrogen-bond acceptors (Lipinski definition) is 2. The maximum absolute atomic E-state index is 13.3. The van der Waals surface area contributed by atoms with Crippen molar-refractivity contribution in [3.8, 4) is 5.69 Å². The smallest absolute Gasteiger partial charge is 0.191 e. The minimum Gasteiger partial charge on any atom is -0.356 e. The highest BCUT2D eigenvalue weighted by Gasteiger charge is 2.04. The van der Waals surface area contributed by atoms with Crippen LogP contribution in [0.1, 0.15) is 16.8 Å². The van der Waals surface area contributed by atoms with Crippen molar-refractivity contribution in [2.75, 3.05) is 13.6 Å². The molecule has 5 nitrogen and oxygen atoms in total. The fraction of sp³-hybridized carbons (Fsp3) is 0.238. The molecule has 8 heteroatoms. The van der Waals surface area contributed by atoms with Crippen LogP contribution in [0, 0.1) is 18.6 Å². The highest BCUT2D eigenvalue weighted by atomic mass is 127. The molecule has 3 aromatic rings. The average Bonchev–Trinajstić information content (AvgIpc) is 3.16. The number of benzene rings is 2. The highest BCUT2D eigenvalue weighted by Crippen LogP contribution is 2.10. The van der Waals surface area contributed by atoms with Crippen LogP contribution in [0.25, 0.3) is 5.69 Å². The zero-order valence-electron chi connectivity index (χ0n) is 16.3. The summed E-state index contributed by atoms with van der Waals surface area (Å²) >= 11 is 0. The summed E-state index contributed by atoms with van der Waals surface area (Å²) in [5, 5.41) is 10.9. The monoisotopic (exact) mass is 511 g/mol. The molecule has 0 fully saturated rings. The van der Waals surface area contributed by atoms with E-state index in [2.05, 4.69) is 20.7 Å². The topological polar surface area (TPSA) is 54.2 Å². The first-order valence-corrected chi connectivity index (χ1v) is 9.05. The molecule has 0 unspecified atom stereocenters. The lowest BCUT2D eigenvalue weighted by Crippen LogP contribution is -2.37. The van der Waals surface area contributed by atoms with E-state index in [-0.39, 0.29) is 35.6 Å². The van der Waals surface area contributed by atoms with Gasteiger partial charge in [-0.05, 0) is 54.4 Å². The lowest BCUT2D eigenvalue weighted by molar-refractivity contribution is 0.617. The summed E-state index contributed by atoms with van der Waals surface area (Å²) in [7, 11) is 1.70. The van der Waals surface area contributed by atoms with E-state index >= 15 is 0 Å². The van der Waals surface area contributed by atoms with Gasteiger partial charge in [0.25, 0.3) is 0 Å². The molecule has 0 saturated heterocycles. The number of aliphatic imine (C=N–C) groups is 1. The van der Waals surface area contributed by atoms with Crippen molar-refractivity contribution in [3.05, 3.63) is 83.2 Å². The van der Waals surface area contributed by atoms with Crippen LogP contribution < -0.4 is 10.6 Å². The van der Waals surface area contributed by atoms with Gasteiger partial charge < -0.3 is 10.6 Å². The Kier molecular flexibility index (Phi) is 8.56. The van der Waals surface area contributed by atoms with E-state index in [9.17, 15) is 8.78 Å². The first kappa shape index (κ1) is 22.8. The third-order valence-corrected chi connectivity index (χ3v) is 4.31. The molecule has 0 amide bonds. The van der Waals surface area contributed by atoms with Crippen molar-refractivity contribution < 1.29 is 8.78 Å². The normalized spacial score (nSPS) is 11.1. The summed E-state index contributed by atoms with van der Waals surface area (Å²) in [6, 6.07) is 13.2. The maximum Gasteiger partial charge on any atom is 0.191 e. The van der Waals surface area contributed by atoms with E-state index in [1.54, 1.807) is 36.9 Å². The third-order valence-electron chi connectivity index (χ3n) is 4.31. The molecule has 3 rings (SSSR count). The summed E-state index contributed by atoms with van der Waals surface area (Å²) in [5.74, 6) is 0.196. The van der Waals surface area contributed by atoms with Crippen molar-refractivity contribution in [1.29, 1.82) is 0 Å². The van der Waals surface area contributed by atoms with Gasteiger partial charge in [0.15, 0.2) is 5.96 Å². The van der Waals surface area contributed by atoms with Crippen molar-refractivity contribution in [3.63, 3.8) is 0 Å². The van der Waals surface area contributed by atoms with E-state index in [0.717, 1.165) is 16.9 Å². The van der Waals surface area contributed by atoms with Gasteiger partial charge in [0.05, 0.1) is 11.4 Å².